The molecule has 22 heavy (non-hydrogen) atoms. The molecule has 1 aliphatic rings. The second-order valence-electron chi connectivity index (χ2n) is 5.81. The number of rotatable bonds is 6. The number of nitrogens with zero attached hydrogens (tertiary/aromatic N) is 2. The van der Waals surface area contributed by atoms with E-state index in [4.69, 9.17) is 4.74 Å². The number of fused-ring (bicyclic) bond motifs is 1. The Balaban J connectivity index is 1.94. The number of aryl methyl sites for hydroxylation is 1. The Morgan fingerprint density at radius 3 is 2.91 bits per heavy atom. The van der Waals surface area contributed by atoms with Gasteiger partial charge in [-0.05, 0) is 51.7 Å². The lowest BCUT2D eigenvalue weighted by atomic mass is 10.1. The quantitative estimate of drug-likeness (QED) is 0.478. The number of esters is 1. The van der Waals surface area contributed by atoms with Crippen molar-refractivity contribution in [1.29, 1.82) is 0 Å². The normalized spacial score (nSPS) is 13.8. The Hall–Kier alpha value is -2.08. The molecule has 0 radical (unpaired) electrons. The van der Waals surface area contributed by atoms with E-state index in [9.17, 15) is 9.59 Å². The van der Waals surface area contributed by atoms with Crippen molar-refractivity contribution in [1.82, 2.24) is 10.2 Å². The first-order valence-corrected chi connectivity index (χ1v) is 7.43. The van der Waals surface area contributed by atoms with Crippen LogP contribution in [0.5, 0.6) is 5.75 Å². The van der Waals surface area contributed by atoms with Gasteiger partial charge in [0.25, 0.3) is 0 Å². The van der Waals surface area contributed by atoms with Crippen molar-refractivity contribution in [3.05, 3.63) is 23.8 Å². The molecular weight excluding hydrogens is 282 g/mol. The Bertz CT molecular complexity index is 558. The molecule has 1 aliphatic heterocycles. The third-order valence-corrected chi connectivity index (χ3v) is 3.44. The summed E-state index contributed by atoms with van der Waals surface area (Å²) in [6, 6.07) is 5.59. The standard InChI is InChI=1S/C16H23N3O3/c1-12-5-6-14-13(9-12)19(11-16(21)22-14)10-15(20)17-7-4-8-18(2)3/h5-6,9H,4,7-8,10-11H2,1-3H3,(H,17,20). The first kappa shape index (κ1) is 16.3. The van der Waals surface area contributed by atoms with Crippen LogP contribution in [0.3, 0.4) is 0 Å². The van der Waals surface area contributed by atoms with Gasteiger partial charge in [-0.1, -0.05) is 6.07 Å². The van der Waals surface area contributed by atoms with Crippen LogP contribution in [0.4, 0.5) is 5.69 Å². The van der Waals surface area contributed by atoms with Gasteiger partial charge < -0.3 is 19.9 Å². The Kier molecular flexibility index (Phi) is 5.38. The third-order valence-electron chi connectivity index (χ3n) is 3.44. The summed E-state index contributed by atoms with van der Waals surface area (Å²) in [5.74, 6) is 0.0972. The van der Waals surface area contributed by atoms with Gasteiger partial charge >= 0.3 is 5.97 Å². The highest BCUT2D eigenvalue weighted by atomic mass is 16.5. The van der Waals surface area contributed by atoms with E-state index in [-0.39, 0.29) is 25.0 Å². The number of anilines is 1. The zero-order chi connectivity index (χ0) is 16.1. The number of nitrogens with one attached hydrogen (secondary N) is 1. The maximum Gasteiger partial charge on any atom is 0.331 e. The van der Waals surface area contributed by atoms with Crippen molar-refractivity contribution in [3.8, 4) is 5.75 Å². The third kappa shape index (κ3) is 4.46. The van der Waals surface area contributed by atoms with Crippen LogP contribution in [-0.4, -0.2) is 57.1 Å². The van der Waals surface area contributed by atoms with E-state index in [1.165, 1.54) is 0 Å². The molecule has 1 N–H and O–H groups in total. The first-order chi connectivity index (χ1) is 10.5. The molecule has 0 aliphatic carbocycles. The fraction of sp³-hybridized carbons (Fsp3) is 0.500. The number of benzene rings is 1. The van der Waals surface area contributed by atoms with Crippen molar-refractivity contribution >= 4 is 17.6 Å². The smallest absolute Gasteiger partial charge is 0.331 e. The van der Waals surface area contributed by atoms with Crippen LogP contribution in [0.2, 0.25) is 0 Å². The van der Waals surface area contributed by atoms with Crippen LogP contribution >= 0.6 is 0 Å². The van der Waals surface area contributed by atoms with Crippen molar-refractivity contribution in [3.63, 3.8) is 0 Å². The van der Waals surface area contributed by atoms with Gasteiger partial charge in [0.1, 0.15) is 6.54 Å². The van der Waals surface area contributed by atoms with Crippen LogP contribution in [0.1, 0.15) is 12.0 Å². The highest BCUT2D eigenvalue weighted by Crippen LogP contribution is 2.32. The summed E-state index contributed by atoms with van der Waals surface area (Å²) in [4.78, 5) is 27.5. The summed E-state index contributed by atoms with van der Waals surface area (Å²) in [6.45, 7) is 3.79. The van der Waals surface area contributed by atoms with Crippen molar-refractivity contribution in [2.45, 2.75) is 13.3 Å². The van der Waals surface area contributed by atoms with Crippen molar-refractivity contribution < 1.29 is 14.3 Å². The molecule has 0 unspecified atom stereocenters. The predicted molar refractivity (Wildman–Crippen MR) is 85.2 cm³/mol. The van der Waals surface area contributed by atoms with Crippen LogP contribution < -0.4 is 15.0 Å². The molecule has 0 saturated carbocycles. The highest BCUT2D eigenvalue weighted by molar-refractivity contribution is 5.89. The van der Waals surface area contributed by atoms with Crippen molar-refractivity contribution in [2.24, 2.45) is 0 Å². The molecule has 1 aromatic carbocycles. The molecule has 0 bridgehead atoms. The number of carbonyl (C=O) groups excluding carboxylic acids is 2. The van der Waals surface area contributed by atoms with Gasteiger partial charge in [-0.3, -0.25) is 4.79 Å². The zero-order valence-corrected chi connectivity index (χ0v) is 13.4. The molecule has 0 spiro atoms. The van der Waals surface area contributed by atoms with Crippen LogP contribution in [-0.2, 0) is 9.59 Å². The van der Waals surface area contributed by atoms with Gasteiger partial charge in [-0.15, -0.1) is 0 Å². The van der Waals surface area contributed by atoms with Gasteiger partial charge in [0.2, 0.25) is 5.91 Å². The summed E-state index contributed by atoms with van der Waals surface area (Å²) in [5.41, 5.74) is 1.86. The van der Waals surface area contributed by atoms with E-state index in [1.807, 2.05) is 33.2 Å². The van der Waals surface area contributed by atoms with E-state index >= 15 is 0 Å². The zero-order valence-electron chi connectivity index (χ0n) is 13.4. The van der Waals surface area contributed by atoms with Gasteiger partial charge in [0.05, 0.1) is 12.2 Å². The fourth-order valence-electron chi connectivity index (χ4n) is 2.35. The average Bonchev–Trinajstić information content (AvgIpc) is 2.44. The van der Waals surface area contributed by atoms with Gasteiger partial charge in [-0.2, -0.15) is 0 Å². The number of ether oxygens (including phenoxy) is 1. The second-order valence-corrected chi connectivity index (χ2v) is 5.81. The number of amides is 1. The van der Waals surface area contributed by atoms with Gasteiger partial charge in [0, 0.05) is 6.54 Å². The Labute approximate surface area is 131 Å². The lowest BCUT2D eigenvalue weighted by Crippen LogP contribution is -2.43. The van der Waals surface area contributed by atoms with Crippen LogP contribution in [0.25, 0.3) is 0 Å². The highest BCUT2D eigenvalue weighted by Gasteiger charge is 2.25. The molecule has 120 valence electrons. The average molecular weight is 305 g/mol. The van der Waals surface area contributed by atoms with Gasteiger partial charge in [-0.25, -0.2) is 4.79 Å². The molecule has 0 saturated heterocycles. The number of hydrogen-bond donors (Lipinski definition) is 1. The first-order valence-electron chi connectivity index (χ1n) is 7.43. The molecular formula is C16H23N3O3. The minimum absolute atomic E-state index is 0.0825. The summed E-state index contributed by atoms with van der Waals surface area (Å²) < 4.78 is 5.21. The minimum atomic E-state index is -0.336. The molecule has 2 rings (SSSR count). The largest absolute Gasteiger partial charge is 0.423 e. The molecule has 6 nitrogen and oxygen atoms in total. The van der Waals surface area contributed by atoms with E-state index in [1.54, 1.807) is 11.0 Å². The van der Waals surface area contributed by atoms with E-state index in [0.717, 1.165) is 24.2 Å². The van der Waals surface area contributed by atoms with Crippen LogP contribution in [0, 0.1) is 6.92 Å². The monoisotopic (exact) mass is 305 g/mol. The molecule has 1 aromatic rings. The maximum absolute atomic E-state index is 12.0. The molecule has 0 atom stereocenters. The van der Waals surface area contributed by atoms with E-state index < -0.39 is 0 Å². The summed E-state index contributed by atoms with van der Waals surface area (Å²) >= 11 is 0. The lowest BCUT2D eigenvalue weighted by Gasteiger charge is -2.29. The van der Waals surface area contributed by atoms with Crippen LogP contribution in [0.15, 0.2) is 18.2 Å². The Morgan fingerprint density at radius 1 is 1.41 bits per heavy atom. The predicted octanol–water partition coefficient (Wildman–Crippen LogP) is 0.788. The van der Waals surface area contributed by atoms with E-state index in [2.05, 4.69) is 10.2 Å². The molecule has 1 heterocycles. The molecule has 1 amide bonds. The summed E-state index contributed by atoms with van der Waals surface area (Å²) in [7, 11) is 4.00. The number of hydrogen-bond acceptors (Lipinski definition) is 5. The minimum Gasteiger partial charge on any atom is -0.423 e. The Morgan fingerprint density at radius 2 is 2.18 bits per heavy atom. The van der Waals surface area contributed by atoms with Gasteiger partial charge in [0.15, 0.2) is 5.75 Å². The fourth-order valence-corrected chi connectivity index (χ4v) is 2.35. The molecule has 0 fully saturated rings. The second kappa shape index (κ2) is 7.26. The topological polar surface area (TPSA) is 61.9 Å². The maximum atomic E-state index is 12.0. The SMILES string of the molecule is Cc1ccc2c(c1)N(CC(=O)NCCCN(C)C)CC(=O)O2. The summed E-state index contributed by atoms with van der Waals surface area (Å²) in [5, 5.41) is 2.89. The van der Waals surface area contributed by atoms with E-state index in [0.29, 0.717) is 12.3 Å². The molecule has 6 heteroatoms. The molecule has 0 aromatic heterocycles. The number of carbonyl (C=O) groups is 2. The lowest BCUT2D eigenvalue weighted by molar-refractivity contribution is -0.133. The van der Waals surface area contributed by atoms with Crippen molar-refractivity contribution in [2.75, 3.05) is 45.2 Å². The summed E-state index contributed by atoms with van der Waals surface area (Å²) in [6.07, 6.45) is 0.899.